The first kappa shape index (κ1) is 19.4. The van der Waals surface area contributed by atoms with Gasteiger partial charge in [-0.3, -0.25) is 4.79 Å². The van der Waals surface area contributed by atoms with Crippen LogP contribution >= 0.6 is 0 Å². The smallest absolute Gasteiger partial charge is 0.341 e. The summed E-state index contributed by atoms with van der Waals surface area (Å²) in [5.41, 5.74) is 0.170. The van der Waals surface area contributed by atoms with Crippen LogP contribution in [0.25, 0.3) is 0 Å². The van der Waals surface area contributed by atoms with Gasteiger partial charge in [0, 0.05) is 6.42 Å². The molecule has 0 aliphatic heterocycles. The van der Waals surface area contributed by atoms with Crippen LogP contribution in [-0.4, -0.2) is 30.2 Å². The Hall–Kier alpha value is -2.64. The van der Waals surface area contributed by atoms with E-state index in [0.717, 1.165) is 12.8 Å². The summed E-state index contributed by atoms with van der Waals surface area (Å²) in [4.78, 5) is 37.9. The van der Waals surface area contributed by atoms with Crippen molar-refractivity contribution in [2.45, 2.75) is 39.0 Å². The van der Waals surface area contributed by atoms with E-state index in [1.807, 2.05) is 6.92 Å². The lowest BCUT2D eigenvalue weighted by molar-refractivity contribution is -0.757. The molecule has 0 heterocycles. The highest BCUT2D eigenvalue weighted by Gasteiger charge is 2.16. The van der Waals surface area contributed by atoms with Gasteiger partial charge in [-0.1, -0.05) is 25.5 Å². The molecule has 0 aliphatic carbocycles. The highest BCUT2D eigenvalue weighted by atomic mass is 16.9. The molecule has 0 aliphatic rings. The van der Waals surface area contributed by atoms with Crippen molar-refractivity contribution < 1.29 is 29.0 Å². The SMILES string of the molecule is CCCCC(=O)Oc1ccccc1C(=O)OCCCCO[N+](=O)[O-]. The number of carbonyl (C=O) groups excluding carboxylic acids is 2. The molecule has 1 aromatic carbocycles. The maximum Gasteiger partial charge on any atom is 0.341 e. The molecule has 24 heavy (non-hydrogen) atoms. The number of ether oxygens (including phenoxy) is 2. The molecule has 0 spiro atoms. The molecular formula is C16H21NO7. The van der Waals surface area contributed by atoms with Gasteiger partial charge in [0.2, 0.25) is 0 Å². The van der Waals surface area contributed by atoms with Crippen LogP contribution in [0.4, 0.5) is 0 Å². The Morgan fingerprint density at radius 2 is 1.83 bits per heavy atom. The summed E-state index contributed by atoms with van der Waals surface area (Å²) in [5.74, 6) is -0.835. The summed E-state index contributed by atoms with van der Waals surface area (Å²) < 4.78 is 10.3. The third-order valence-electron chi connectivity index (χ3n) is 3.03. The third kappa shape index (κ3) is 7.57. The quantitative estimate of drug-likeness (QED) is 0.201. The molecule has 132 valence electrons. The predicted octanol–water partition coefficient (Wildman–Crippen LogP) is 2.93. The van der Waals surface area contributed by atoms with E-state index >= 15 is 0 Å². The summed E-state index contributed by atoms with van der Waals surface area (Å²) in [6, 6.07) is 6.35. The molecule has 0 fully saturated rings. The van der Waals surface area contributed by atoms with Crippen molar-refractivity contribution in [2.24, 2.45) is 0 Å². The molecule has 0 N–H and O–H groups in total. The molecule has 1 aromatic rings. The molecular weight excluding hydrogens is 318 g/mol. The summed E-state index contributed by atoms with van der Waals surface area (Å²) in [5, 5.41) is 9.11. The molecule has 0 amide bonds. The van der Waals surface area contributed by atoms with Gasteiger partial charge in [-0.2, -0.15) is 0 Å². The lowest BCUT2D eigenvalue weighted by atomic mass is 10.2. The largest absolute Gasteiger partial charge is 0.462 e. The summed E-state index contributed by atoms with van der Waals surface area (Å²) in [7, 11) is 0. The molecule has 0 bridgehead atoms. The maximum absolute atomic E-state index is 12.0. The van der Waals surface area contributed by atoms with E-state index in [4.69, 9.17) is 9.47 Å². The second-order valence-corrected chi connectivity index (χ2v) is 4.97. The molecule has 0 saturated heterocycles. The number of carbonyl (C=O) groups is 2. The van der Waals surface area contributed by atoms with Crippen LogP contribution in [0.2, 0.25) is 0 Å². The fraction of sp³-hybridized carbons (Fsp3) is 0.500. The zero-order valence-corrected chi connectivity index (χ0v) is 13.6. The van der Waals surface area contributed by atoms with Gasteiger partial charge in [-0.25, -0.2) is 4.79 Å². The number of benzene rings is 1. The Bertz CT molecular complexity index is 559. The normalized spacial score (nSPS) is 10.0. The van der Waals surface area contributed by atoms with Crippen LogP contribution < -0.4 is 4.74 Å². The zero-order valence-electron chi connectivity index (χ0n) is 13.6. The molecule has 8 nitrogen and oxygen atoms in total. The summed E-state index contributed by atoms with van der Waals surface area (Å²) in [6.45, 7) is 2.02. The van der Waals surface area contributed by atoms with E-state index in [0.29, 0.717) is 12.8 Å². The topological polar surface area (TPSA) is 105 Å². The van der Waals surface area contributed by atoms with Crippen molar-refractivity contribution >= 4 is 11.9 Å². The van der Waals surface area contributed by atoms with E-state index in [1.165, 1.54) is 12.1 Å². The van der Waals surface area contributed by atoms with Crippen molar-refractivity contribution in [2.75, 3.05) is 13.2 Å². The van der Waals surface area contributed by atoms with Crippen molar-refractivity contribution in [1.82, 2.24) is 0 Å². The van der Waals surface area contributed by atoms with Crippen LogP contribution in [0.1, 0.15) is 49.4 Å². The fourth-order valence-electron chi connectivity index (χ4n) is 1.80. The van der Waals surface area contributed by atoms with Gasteiger partial charge in [0.15, 0.2) is 0 Å². The average Bonchev–Trinajstić information content (AvgIpc) is 2.56. The van der Waals surface area contributed by atoms with Crippen LogP contribution in [0.3, 0.4) is 0 Å². The monoisotopic (exact) mass is 339 g/mol. The van der Waals surface area contributed by atoms with Gasteiger partial charge in [-0.05, 0) is 31.4 Å². The van der Waals surface area contributed by atoms with E-state index in [-0.39, 0.29) is 30.9 Å². The van der Waals surface area contributed by atoms with Crippen LogP contribution in [0.15, 0.2) is 24.3 Å². The third-order valence-corrected chi connectivity index (χ3v) is 3.03. The number of hydrogen-bond donors (Lipinski definition) is 0. The number of unbranched alkanes of at least 4 members (excludes halogenated alkanes) is 2. The molecule has 8 heteroatoms. The minimum Gasteiger partial charge on any atom is -0.462 e. The number of hydrogen-bond acceptors (Lipinski definition) is 7. The zero-order chi connectivity index (χ0) is 17.8. The summed E-state index contributed by atoms with van der Waals surface area (Å²) in [6.07, 6.45) is 2.70. The first-order chi connectivity index (χ1) is 11.5. The van der Waals surface area contributed by atoms with E-state index in [9.17, 15) is 19.7 Å². The first-order valence-corrected chi connectivity index (χ1v) is 7.78. The molecule has 1 rings (SSSR count). The highest BCUT2D eigenvalue weighted by molar-refractivity contribution is 5.93. The number of para-hydroxylation sites is 1. The summed E-state index contributed by atoms with van der Waals surface area (Å²) >= 11 is 0. The van der Waals surface area contributed by atoms with Crippen LogP contribution in [-0.2, 0) is 14.4 Å². The number of nitrogens with zero attached hydrogens (tertiary/aromatic N) is 1. The molecule has 0 atom stereocenters. The van der Waals surface area contributed by atoms with Gasteiger partial charge in [0.25, 0.3) is 5.09 Å². The second-order valence-electron chi connectivity index (χ2n) is 4.97. The Morgan fingerprint density at radius 3 is 2.54 bits per heavy atom. The van der Waals surface area contributed by atoms with Gasteiger partial charge in [-0.15, -0.1) is 10.1 Å². The van der Waals surface area contributed by atoms with Crippen molar-refractivity contribution in [3.63, 3.8) is 0 Å². The van der Waals surface area contributed by atoms with Crippen molar-refractivity contribution in [3.8, 4) is 5.75 Å². The Labute approximate surface area is 139 Å². The predicted molar refractivity (Wildman–Crippen MR) is 84.1 cm³/mol. The molecule has 0 unspecified atom stereocenters. The van der Waals surface area contributed by atoms with E-state index < -0.39 is 17.0 Å². The standard InChI is InChI=1S/C16H21NO7/c1-2-3-10-15(18)24-14-9-5-4-8-13(14)16(19)22-11-6-7-12-23-17(20)21/h4-5,8-9H,2-3,6-7,10-12H2,1H3. The minimum absolute atomic E-state index is 0.0455. The number of esters is 2. The molecule has 0 radical (unpaired) electrons. The average molecular weight is 339 g/mol. The molecule has 0 aromatic heterocycles. The first-order valence-electron chi connectivity index (χ1n) is 7.78. The van der Waals surface area contributed by atoms with Gasteiger partial charge < -0.3 is 14.3 Å². The maximum atomic E-state index is 12.0. The van der Waals surface area contributed by atoms with Gasteiger partial charge in [0.1, 0.15) is 11.3 Å². The lowest BCUT2D eigenvalue weighted by Crippen LogP contribution is -2.13. The fourth-order valence-corrected chi connectivity index (χ4v) is 1.80. The van der Waals surface area contributed by atoms with Crippen LogP contribution in [0.5, 0.6) is 5.75 Å². The van der Waals surface area contributed by atoms with Crippen molar-refractivity contribution in [1.29, 1.82) is 0 Å². The Balaban J connectivity index is 2.46. The van der Waals surface area contributed by atoms with Crippen molar-refractivity contribution in [3.05, 3.63) is 39.9 Å². The lowest BCUT2D eigenvalue weighted by Gasteiger charge is -2.10. The number of rotatable bonds is 11. The Morgan fingerprint density at radius 1 is 1.12 bits per heavy atom. The van der Waals surface area contributed by atoms with Gasteiger partial charge in [0.05, 0.1) is 13.2 Å². The highest BCUT2D eigenvalue weighted by Crippen LogP contribution is 2.20. The van der Waals surface area contributed by atoms with Crippen LogP contribution in [0, 0.1) is 10.1 Å². The minimum atomic E-state index is -0.866. The van der Waals surface area contributed by atoms with Gasteiger partial charge >= 0.3 is 11.9 Å². The van der Waals surface area contributed by atoms with E-state index in [1.54, 1.807) is 12.1 Å². The molecule has 0 saturated carbocycles. The van der Waals surface area contributed by atoms with E-state index in [2.05, 4.69) is 4.84 Å². The Kier molecular flexibility index (Phi) is 8.88. The second kappa shape index (κ2) is 11.0.